The van der Waals surface area contributed by atoms with Gasteiger partial charge in [0.25, 0.3) is 0 Å². The van der Waals surface area contributed by atoms with Crippen molar-refractivity contribution in [2.24, 2.45) is 0 Å². The second kappa shape index (κ2) is 18.9. The first kappa shape index (κ1) is 35.7. The molecule has 2 heterocycles. The molecule has 0 spiro atoms. The third-order valence-electron chi connectivity index (χ3n) is 8.18. The van der Waals surface area contributed by atoms with E-state index in [0.29, 0.717) is 58.6 Å². The smallest absolute Gasteiger partial charge is 0.227 e. The van der Waals surface area contributed by atoms with Crippen LogP contribution in [0.3, 0.4) is 0 Å². The molecule has 4 rings (SSSR count). The lowest BCUT2D eigenvalue weighted by molar-refractivity contribution is -0.122. The van der Waals surface area contributed by atoms with Gasteiger partial charge in [-0.15, -0.1) is 0 Å². The third-order valence-corrected chi connectivity index (χ3v) is 8.18. The van der Waals surface area contributed by atoms with Crippen molar-refractivity contribution in [2.45, 2.75) is 109 Å². The summed E-state index contributed by atoms with van der Waals surface area (Å²) in [5.41, 5.74) is 3.67. The normalized spacial score (nSPS) is 20.3. The summed E-state index contributed by atoms with van der Waals surface area (Å²) in [6.45, 7) is 8.69. The van der Waals surface area contributed by atoms with Crippen LogP contribution in [-0.4, -0.2) is 76.4 Å². The third kappa shape index (κ3) is 10.7. The number of carbonyl (C=O) groups excluding carboxylic acids is 2. The fourth-order valence-corrected chi connectivity index (χ4v) is 5.81. The topological polar surface area (TPSA) is 86.3 Å². The van der Waals surface area contributed by atoms with Crippen molar-refractivity contribution in [1.82, 2.24) is 5.32 Å². The van der Waals surface area contributed by atoms with Gasteiger partial charge in [-0.1, -0.05) is 55.0 Å². The first-order valence-corrected chi connectivity index (χ1v) is 16.9. The number of rotatable bonds is 18. The standard InChI is InChI=1S/C37H49BN2O6.H2/c1-4-43-26-32-35(45-27(2)3)36(37(38)46-32)44-24-14-6-5-13-23-39-33(41)19-11-12-20-34(42)40-25-30-17-8-7-15-28(30)21-22-29-16-9-10-18-31(29)40;/h7-10,15-18,27,32,35-37H,4-6,11-14,19-20,23-26H2,1-3H3,(H,39,41);1H. The summed E-state index contributed by atoms with van der Waals surface area (Å²) in [6, 6.07) is 15.2. The number of nitrogens with zero attached hydrogens (tertiary/aromatic N) is 1. The molecule has 2 radical (unpaired) electrons. The molecule has 2 aliphatic heterocycles. The zero-order chi connectivity index (χ0) is 32.7. The molecular weight excluding hydrogens is 579 g/mol. The second-order valence-corrected chi connectivity index (χ2v) is 12.2. The van der Waals surface area contributed by atoms with Crippen LogP contribution in [0.2, 0.25) is 0 Å². The van der Waals surface area contributed by atoms with Gasteiger partial charge < -0.3 is 29.2 Å². The molecule has 8 nitrogen and oxygen atoms in total. The van der Waals surface area contributed by atoms with E-state index >= 15 is 0 Å². The Morgan fingerprint density at radius 3 is 2.50 bits per heavy atom. The monoisotopic (exact) mass is 630 g/mol. The number of anilines is 1. The first-order valence-electron chi connectivity index (χ1n) is 16.9. The number of nitrogens with one attached hydrogen (secondary N) is 1. The predicted molar refractivity (Wildman–Crippen MR) is 183 cm³/mol. The van der Waals surface area contributed by atoms with E-state index in [2.05, 4.69) is 17.2 Å². The molecule has 1 N–H and O–H groups in total. The minimum atomic E-state index is -0.537. The zero-order valence-electron chi connectivity index (χ0n) is 27.7. The van der Waals surface area contributed by atoms with Crippen molar-refractivity contribution >= 4 is 25.3 Å². The zero-order valence-corrected chi connectivity index (χ0v) is 27.7. The molecule has 9 heteroatoms. The fraction of sp³-hybridized carbons (Fsp3) is 0.568. The molecule has 0 aliphatic carbocycles. The van der Waals surface area contributed by atoms with Gasteiger partial charge in [0, 0.05) is 51.2 Å². The summed E-state index contributed by atoms with van der Waals surface area (Å²) >= 11 is 0. The minimum absolute atomic E-state index is 0. The van der Waals surface area contributed by atoms with E-state index in [4.69, 9.17) is 26.8 Å². The predicted octanol–water partition coefficient (Wildman–Crippen LogP) is 5.52. The Hall–Kier alpha value is -3.16. The largest absolute Gasteiger partial charge is 0.379 e. The summed E-state index contributed by atoms with van der Waals surface area (Å²) < 4.78 is 23.6. The van der Waals surface area contributed by atoms with Gasteiger partial charge in [0.05, 0.1) is 24.9 Å². The highest BCUT2D eigenvalue weighted by atomic mass is 16.6. The highest BCUT2D eigenvalue weighted by Gasteiger charge is 2.44. The van der Waals surface area contributed by atoms with Gasteiger partial charge in [-0.25, -0.2) is 0 Å². The summed E-state index contributed by atoms with van der Waals surface area (Å²) in [5.74, 6) is 6.56. The van der Waals surface area contributed by atoms with Crippen molar-refractivity contribution in [3.05, 3.63) is 65.2 Å². The van der Waals surface area contributed by atoms with Crippen LogP contribution in [0, 0.1) is 11.8 Å². The van der Waals surface area contributed by atoms with Gasteiger partial charge in [-0.05, 0) is 70.2 Å². The quantitative estimate of drug-likeness (QED) is 0.133. The SMILES string of the molecule is [B]C1OC(COCC)C(OC(C)C)C1OCCCCCCNC(=O)CCCCC(=O)N1Cc2ccccc2C#Cc2ccccc21.[HH]. The number of ether oxygens (including phenoxy) is 4. The molecule has 0 saturated carbocycles. The highest BCUT2D eigenvalue weighted by molar-refractivity contribution is 6.11. The van der Waals surface area contributed by atoms with Crippen LogP contribution in [0.1, 0.15) is 90.3 Å². The Bertz CT molecular complexity index is 1330. The Morgan fingerprint density at radius 1 is 0.978 bits per heavy atom. The van der Waals surface area contributed by atoms with Crippen molar-refractivity contribution in [3.63, 3.8) is 0 Å². The Balaban J connectivity index is 0.00000600. The highest BCUT2D eigenvalue weighted by Crippen LogP contribution is 2.28. The molecule has 2 aromatic carbocycles. The minimum Gasteiger partial charge on any atom is -0.379 e. The van der Waals surface area contributed by atoms with Crippen molar-refractivity contribution < 1.29 is 30.0 Å². The summed E-state index contributed by atoms with van der Waals surface area (Å²) in [4.78, 5) is 27.6. The molecular formula is C37H51BN2O6. The average molecular weight is 631 g/mol. The maximum atomic E-state index is 13.3. The molecule has 1 saturated heterocycles. The van der Waals surface area contributed by atoms with E-state index in [9.17, 15) is 9.59 Å². The van der Waals surface area contributed by atoms with E-state index in [-0.39, 0.29) is 37.7 Å². The van der Waals surface area contributed by atoms with E-state index in [1.807, 2.05) is 74.2 Å². The molecule has 0 bridgehead atoms. The molecule has 2 aromatic rings. The first-order chi connectivity index (χ1) is 22.4. The number of unbranched alkanes of at least 4 members (excludes halogenated alkanes) is 4. The Morgan fingerprint density at radius 2 is 1.70 bits per heavy atom. The Kier molecular flexibility index (Phi) is 14.6. The maximum absolute atomic E-state index is 13.3. The number of benzene rings is 2. The lowest BCUT2D eigenvalue weighted by Crippen LogP contribution is -2.41. The number of para-hydroxylation sites is 1. The molecule has 46 heavy (non-hydrogen) atoms. The molecule has 4 atom stereocenters. The van der Waals surface area contributed by atoms with Gasteiger partial charge in [0.15, 0.2) is 0 Å². The van der Waals surface area contributed by atoms with Crippen molar-refractivity contribution in [2.75, 3.05) is 31.3 Å². The van der Waals surface area contributed by atoms with Gasteiger partial charge in [-0.3, -0.25) is 9.59 Å². The summed E-state index contributed by atoms with van der Waals surface area (Å²) in [6.07, 6.45) is 5.15. The van der Waals surface area contributed by atoms with Gasteiger partial charge in [-0.2, -0.15) is 0 Å². The van der Waals surface area contributed by atoms with E-state index in [0.717, 1.165) is 48.1 Å². The Labute approximate surface area is 277 Å². The number of hydrogen-bond acceptors (Lipinski definition) is 6. The molecule has 2 amide bonds. The van der Waals surface area contributed by atoms with E-state index in [1.165, 1.54) is 0 Å². The van der Waals surface area contributed by atoms with E-state index < -0.39 is 6.00 Å². The van der Waals surface area contributed by atoms with E-state index in [1.54, 1.807) is 0 Å². The number of hydrogen-bond donors (Lipinski definition) is 1. The van der Waals surface area contributed by atoms with Crippen LogP contribution >= 0.6 is 0 Å². The van der Waals surface area contributed by atoms with Gasteiger partial charge >= 0.3 is 0 Å². The molecule has 1 fully saturated rings. The van der Waals surface area contributed by atoms with Crippen LogP contribution in [0.15, 0.2) is 48.5 Å². The van der Waals surface area contributed by atoms with Crippen LogP contribution < -0.4 is 10.2 Å². The molecule has 0 aromatic heterocycles. The van der Waals surface area contributed by atoms with Crippen molar-refractivity contribution in [1.29, 1.82) is 0 Å². The van der Waals surface area contributed by atoms with Crippen LogP contribution in [-0.2, 0) is 35.1 Å². The van der Waals surface area contributed by atoms with Crippen LogP contribution in [0.5, 0.6) is 0 Å². The van der Waals surface area contributed by atoms with Gasteiger partial charge in [0.1, 0.15) is 26.2 Å². The lowest BCUT2D eigenvalue weighted by Gasteiger charge is -2.26. The molecule has 4 unspecified atom stereocenters. The van der Waals surface area contributed by atoms with Crippen LogP contribution in [0.4, 0.5) is 5.69 Å². The lowest BCUT2D eigenvalue weighted by atomic mass is 9.92. The van der Waals surface area contributed by atoms with Gasteiger partial charge in [0.2, 0.25) is 11.8 Å². The van der Waals surface area contributed by atoms with Crippen molar-refractivity contribution in [3.8, 4) is 11.8 Å². The summed E-state index contributed by atoms with van der Waals surface area (Å²) in [5, 5.41) is 3.02. The number of fused-ring (bicyclic) bond motifs is 2. The molecule has 2 aliphatic rings. The second-order valence-electron chi connectivity index (χ2n) is 12.2. The number of amides is 2. The number of carbonyl (C=O) groups is 2. The van der Waals surface area contributed by atoms with Crippen LogP contribution in [0.25, 0.3) is 0 Å². The maximum Gasteiger partial charge on any atom is 0.227 e. The summed E-state index contributed by atoms with van der Waals surface area (Å²) in [7, 11) is 6.21. The molecule has 248 valence electrons. The fourth-order valence-electron chi connectivity index (χ4n) is 5.81. The average Bonchev–Trinajstić information content (AvgIpc) is 3.33.